The zero-order chi connectivity index (χ0) is 6.97. The lowest BCUT2D eigenvalue weighted by Gasteiger charge is -1.94. The van der Waals surface area contributed by atoms with Gasteiger partial charge in [-0.15, -0.1) is 12.4 Å². The fourth-order valence-corrected chi connectivity index (χ4v) is 1.21. The highest BCUT2D eigenvalue weighted by molar-refractivity contribution is 5.85. The summed E-state index contributed by atoms with van der Waals surface area (Å²) in [4.78, 5) is 0. The standard InChI is InChI=1S/C7H11N3.ClH/c8-3-6-4-9-10-7(6)5-1-2-5;/h4-5H,1-3,8H2,(H,9,10);1H. The lowest BCUT2D eigenvalue weighted by molar-refractivity contribution is 0.938. The fourth-order valence-electron chi connectivity index (χ4n) is 1.21. The summed E-state index contributed by atoms with van der Waals surface area (Å²) < 4.78 is 0. The third-order valence-electron chi connectivity index (χ3n) is 1.96. The molecule has 1 aromatic rings. The van der Waals surface area contributed by atoms with E-state index in [0.717, 1.165) is 5.92 Å². The number of rotatable bonds is 2. The number of H-pyrrole nitrogens is 1. The van der Waals surface area contributed by atoms with Crippen LogP contribution in [0.25, 0.3) is 0 Å². The summed E-state index contributed by atoms with van der Waals surface area (Å²) in [5.41, 5.74) is 7.95. The van der Waals surface area contributed by atoms with Gasteiger partial charge in [0.2, 0.25) is 0 Å². The van der Waals surface area contributed by atoms with E-state index in [1.54, 1.807) is 0 Å². The molecule has 0 aliphatic heterocycles. The van der Waals surface area contributed by atoms with Crippen LogP contribution in [0, 0.1) is 0 Å². The van der Waals surface area contributed by atoms with Gasteiger partial charge in [-0.1, -0.05) is 0 Å². The molecule has 1 aliphatic rings. The monoisotopic (exact) mass is 173 g/mol. The Morgan fingerprint density at radius 2 is 2.36 bits per heavy atom. The van der Waals surface area contributed by atoms with Crippen molar-refractivity contribution in [2.24, 2.45) is 5.73 Å². The minimum absolute atomic E-state index is 0. The predicted octanol–water partition coefficient (Wildman–Crippen LogP) is 1.17. The Kier molecular flexibility index (Phi) is 2.52. The molecule has 3 N–H and O–H groups in total. The molecule has 0 amide bonds. The molecule has 0 bridgehead atoms. The van der Waals surface area contributed by atoms with E-state index >= 15 is 0 Å². The third-order valence-corrected chi connectivity index (χ3v) is 1.96. The molecule has 62 valence electrons. The van der Waals surface area contributed by atoms with E-state index < -0.39 is 0 Å². The largest absolute Gasteiger partial charge is 0.326 e. The van der Waals surface area contributed by atoms with Crippen molar-refractivity contribution in [3.05, 3.63) is 17.5 Å². The highest BCUT2D eigenvalue weighted by atomic mass is 35.5. The SMILES string of the molecule is Cl.NCc1cn[nH]c1C1CC1. The van der Waals surface area contributed by atoms with Crippen molar-refractivity contribution in [3.63, 3.8) is 0 Å². The van der Waals surface area contributed by atoms with Crippen LogP contribution in [0.4, 0.5) is 0 Å². The van der Waals surface area contributed by atoms with Gasteiger partial charge >= 0.3 is 0 Å². The van der Waals surface area contributed by atoms with E-state index in [-0.39, 0.29) is 12.4 Å². The van der Waals surface area contributed by atoms with Crippen LogP contribution in [0.2, 0.25) is 0 Å². The summed E-state index contributed by atoms with van der Waals surface area (Å²) in [6.07, 6.45) is 4.43. The van der Waals surface area contributed by atoms with Crippen molar-refractivity contribution >= 4 is 12.4 Å². The van der Waals surface area contributed by atoms with Crippen molar-refractivity contribution in [2.45, 2.75) is 25.3 Å². The Bertz CT molecular complexity index is 229. The molecule has 1 aliphatic carbocycles. The molecular formula is C7H12ClN3. The topological polar surface area (TPSA) is 54.7 Å². The lowest BCUT2D eigenvalue weighted by Crippen LogP contribution is -1.97. The van der Waals surface area contributed by atoms with Crippen molar-refractivity contribution in [1.29, 1.82) is 0 Å². The Morgan fingerprint density at radius 1 is 1.64 bits per heavy atom. The van der Waals surface area contributed by atoms with Crippen molar-refractivity contribution in [2.75, 3.05) is 0 Å². The molecule has 0 radical (unpaired) electrons. The second-order valence-corrected chi connectivity index (χ2v) is 2.79. The first-order chi connectivity index (χ1) is 4.92. The van der Waals surface area contributed by atoms with Crippen molar-refractivity contribution in [1.82, 2.24) is 10.2 Å². The van der Waals surface area contributed by atoms with Gasteiger partial charge in [-0.25, -0.2) is 0 Å². The van der Waals surface area contributed by atoms with E-state index in [0.29, 0.717) is 6.54 Å². The number of nitrogens with zero attached hydrogens (tertiary/aromatic N) is 1. The highest BCUT2D eigenvalue weighted by Gasteiger charge is 2.26. The number of halogens is 1. The first kappa shape index (κ1) is 8.56. The van der Waals surface area contributed by atoms with E-state index in [4.69, 9.17) is 5.73 Å². The number of nitrogens with one attached hydrogen (secondary N) is 1. The summed E-state index contributed by atoms with van der Waals surface area (Å²) in [6.45, 7) is 0.613. The molecular weight excluding hydrogens is 162 g/mol. The van der Waals surface area contributed by atoms with Crippen LogP contribution in [-0.4, -0.2) is 10.2 Å². The minimum atomic E-state index is 0. The fraction of sp³-hybridized carbons (Fsp3) is 0.571. The van der Waals surface area contributed by atoms with Crippen LogP contribution in [0.3, 0.4) is 0 Å². The summed E-state index contributed by atoms with van der Waals surface area (Å²) in [6, 6.07) is 0. The number of hydrogen-bond donors (Lipinski definition) is 2. The van der Waals surface area contributed by atoms with Crippen LogP contribution in [-0.2, 0) is 6.54 Å². The van der Waals surface area contributed by atoms with E-state index in [9.17, 15) is 0 Å². The second-order valence-electron chi connectivity index (χ2n) is 2.79. The summed E-state index contributed by atoms with van der Waals surface area (Å²) >= 11 is 0. The van der Waals surface area contributed by atoms with E-state index in [1.165, 1.54) is 24.1 Å². The molecule has 0 atom stereocenters. The number of aromatic amines is 1. The summed E-state index contributed by atoms with van der Waals surface area (Å²) in [5, 5.41) is 6.94. The quantitative estimate of drug-likeness (QED) is 0.706. The van der Waals surface area contributed by atoms with Gasteiger partial charge in [0.15, 0.2) is 0 Å². The lowest BCUT2D eigenvalue weighted by atomic mass is 10.2. The number of nitrogens with two attached hydrogens (primary N) is 1. The normalized spacial score (nSPS) is 16.1. The maximum Gasteiger partial charge on any atom is 0.0535 e. The van der Waals surface area contributed by atoms with Crippen LogP contribution < -0.4 is 5.73 Å². The smallest absolute Gasteiger partial charge is 0.0535 e. The Morgan fingerprint density at radius 3 is 2.91 bits per heavy atom. The second kappa shape index (κ2) is 3.24. The molecule has 4 heteroatoms. The maximum atomic E-state index is 5.50. The molecule has 0 aromatic carbocycles. The van der Waals surface area contributed by atoms with Crippen LogP contribution in [0.5, 0.6) is 0 Å². The van der Waals surface area contributed by atoms with Gasteiger partial charge in [0.05, 0.1) is 6.20 Å². The van der Waals surface area contributed by atoms with Gasteiger partial charge in [-0.3, -0.25) is 5.10 Å². The Labute approximate surface area is 71.8 Å². The van der Waals surface area contributed by atoms with E-state index in [1.807, 2.05) is 6.20 Å². The third kappa shape index (κ3) is 1.54. The Balaban J connectivity index is 0.000000605. The molecule has 1 saturated carbocycles. The first-order valence-electron chi connectivity index (χ1n) is 3.64. The van der Waals surface area contributed by atoms with Crippen LogP contribution in [0.15, 0.2) is 6.20 Å². The van der Waals surface area contributed by atoms with Crippen LogP contribution in [0.1, 0.15) is 30.0 Å². The average Bonchev–Trinajstić information content (AvgIpc) is 2.69. The molecule has 11 heavy (non-hydrogen) atoms. The van der Waals surface area contributed by atoms with Crippen LogP contribution >= 0.6 is 12.4 Å². The average molecular weight is 174 g/mol. The number of aromatic nitrogens is 2. The molecule has 0 saturated heterocycles. The molecule has 0 spiro atoms. The summed E-state index contributed by atoms with van der Waals surface area (Å²) in [5.74, 6) is 0.737. The first-order valence-corrected chi connectivity index (χ1v) is 3.64. The molecule has 1 fully saturated rings. The zero-order valence-corrected chi connectivity index (χ0v) is 7.03. The van der Waals surface area contributed by atoms with Gasteiger partial charge in [-0.2, -0.15) is 5.10 Å². The van der Waals surface area contributed by atoms with E-state index in [2.05, 4.69) is 10.2 Å². The van der Waals surface area contributed by atoms with Crippen molar-refractivity contribution < 1.29 is 0 Å². The molecule has 2 rings (SSSR count). The zero-order valence-electron chi connectivity index (χ0n) is 6.21. The Hall–Kier alpha value is -0.540. The minimum Gasteiger partial charge on any atom is -0.326 e. The van der Waals surface area contributed by atoms with Gasteiger partial charge in [0.1, 0.15) is 0 Å². The van der Waals surface area contributed by atoms with Gasteiger partial charge in [-0.05, 0) is 12.8 Å². The molecule has 3 nitrogen and oxygen atoms in total. The highest BCUT2D eigenvalue weighted by Crippen LogP contribution is 2.40. The summed E-state index contributed by atoms with van der Waals surface area (Å²) in [7, 11) is 0. The molecule has 1 heterocycles. The molecule has 0 unspecified atom stereocenters. The van der Waals surface area contributed by atoms with Gasteiger partial charge in [0.25, 0.3) is 0 Å². The number of hydrogen-bond acceptors (Lipinski definition) is 2. The molecule has 1 aromatic heterocycles. The predicted molar refractivity (Wildman–Crippen MR) is 45.7 cm³/mol. The maximum absolute atomic E-state index is 5.50. The van der Waals surface area contributed by atoms with Gasteiger partial charge < -0.3 is 5.73 Å². The van der Waals surface area contributed by atoms with Crippen molar-refractivity contribution in [3.8, 4) is 0 Å². The van der Waals surface area contributed by atoms with Gasteiger partial charge in [0, 0.05) is 23.7 Å².